The first kappa shape index (κ1) is 46.0. The van der Waals surface area contributed by atoms with Crippen molar-refractivity contribution in [2.24, 2.45) is 11.8 Å². The Bertz CT molecular complexity index is 1220. The zero-order valence-corrected chi connectivity index (χ0v) is 35.5. The van der Waals surface area contributed by atoms with Crippen molar-refractivity contribution in [3.63, 3.8) is 0 Å². The van der Waals surface area contributed by atoms with E-state index >= 15 is 0 Å². The molecule has 0 aromatic rings. The van der Waals surface area contributed by atoms with Gasteiger partial charge in [-0.1, -0.05) is 99.8 Å². The summed E-state index contributed by atoms with van der Waals surface area (Å²) >= 11 is 0. The van der Waals surface area contributed by atoms with Crippen LogP contribution in [0.1, 0.15) is 152 Å². The van der Waals surface area contributed by atoms with E-state index < -0.39 is 52.5 Å². The molecule has 0 aromatic heterocycles. The molecule has 4 heterocycles. The van der Waals surface area contributed by atoms with Crippen LogP contribution in [0.15, 0.2) is 0 Å². The fraction of sp³-hybridized carbons (Fsp3) is 1.00. The SMILES string of the molecule is CCCCC(CC)CC(C)(C1(C2(OC3(C4(C(C)(CC(CC)CCCC)S(=O)(=O)O)CCO4)CCO3)CCO2)CCO1)S(=O)(=O)O.CCN(CC)CC. The average molecular weight is 784 g/mol. The molecule has 0 spiro atoms. The highest BCUT2D eigenvalue weighted by Crippen LogP contribution is 2.64. The molecule has 12 nitrogen and oxygen atoms in total. The van der Waals surface area contributed by atoms with Crippen LogP contribution < -0.4 is 0 Å². The molecule has 4 saturated heterocycles. The number of ether oxygens (including phenoxy) is 5. The number of nitrogens with zero attached hydrogens (tertiary/aromatic N) is 1. The second-order valence-electron chi connectivity index (χ2n) is 15.9. The molecule has 8 atom stereocenters. The highest BCUT2D eigenvalue weighted by molar-refractivity contribution is 7.87. The minimum absolute atomic E-state index is 0.00205. The Morgan fingerprint density at radius 3 is 1.08 bits per heavy atom. The number of hydrogen-bond donors (Lipinski definition) is 2. The average Bonchev–Trinajstić information content (AvgIpc) is 3.01. The van der Waals surface area contributed by atoms with Crippen molar-refractivity contribution in [3.8, 4) is 0 Å². The maximum atomic E-state index is 13.4. The predicted molar refractivity (Wildman–Crippen MR) is 204 cm³/mol. The number of unbranched alkanes of at least 4 members (excludes halogenated alkanes) is 2. The topological polar surface area (TPSA) is 158 Å². The molecule has 0 bridgehead atoms. The highest BCUT2D eigenvalue weighted by atomic mass is 32.2. The summed E-state index contributed by atoms with van der Waals surface area (Å²) in [7, 11) is -9.43. The van der Waals surface area contributed by atoms with Gasteiger partial charge in [0.05, 0.1) is 26.4 Å². The Kier molecular flexibility index (Phi) is 16.1. The predicted octanol–water partition coefficient (Wildman–Crippen LogP) is 7.41. The first-order chi connectivity index (χ1) is 24.4. The lowest BCUT2D eigenvalue weighted by Gasteiger charge is -2.70. The van der Waals surface area contributed by atoms with Gasteiger partial charge in [0, 0.05) is 25.7 Å². The van der Waals surface area contributed by atoms with Gasteiger partial charge in [0.15, 0.2) is 0 Å². The number of hydrogen-bond acceptors (Lipinski definition) is 10. The zero-order valence-electron chi connectivity index (χ0n) is 33.8. The van der Waals surface area contributed by atoms with Crippen molar-refractivity contribution >= 4 is 20.2 Å². The summed E-state index contributed by atoms with van der Waals surface area (Å²) in [5.41, 5.74) is -3.16. The van der Waals surface area contributed by atoms with E-state index in [1.165, 1.54) is 33.5 Å². The van der Waals surface area contributed by atoms with Gasteiger partial charge in [-0.3, -0.25) is 9.11 Å². The van der Waals surface area contributed by atoms with Crippen molar-refractivity contribution in [1.82, 2.24) is 4.90 Å². The van der Waals surface area contributed by atoms with Crippen LogP contribution in [0, 0.1) is 11.8 Å². The summed E-state index contributed by atoms with van der Waals surface area (Å²) in [6, 6.07) is 0. The molecule has 14 heteroatoms. The van der Waals surface area contributed by atoms with Gasteiger partial charge in [-0.15, -0.1) is 0 Å². The maximum absolute atomic E-state index is 13.4. The maximum Gasteiger partial charge on any atom is 0.273 e. The third kappa shape index (κ3) is 8.18. The van der Waals surface area contributed by atoms with Crippen LogP contribution in [0.25, 0.3) is 0 Å². The molecule has 0 aromatic carbocycles. The monoisotopic (exact) mass is 783 g/mol. The van der Waals surface area contributed by atoms with Gasteiger partial charge in [-0.05, 0) is 58.2 Å². The van der Waals surface area contributed by atoms with E-state index in [4.69, 9.17) is 23.7 Å². The van der Waals surface area contributed by atoms with Crippen molar-refractivity contribution in [2.75, 3.05) is 46.1 Å². The van der Waals surface area contributed by atoms with E-state index in [1.807, 2.05) is 13.8 Å². The molecule has 0 saturated carbocycles. The van der Waals surface area contributed by atoms with E-state index in [9.17, 15) is 25.9 Å². The van der Waals surface area contributed by atoms with E-state index in [1.54, 1.807) is 0 Å². The molecular weight excluding hydrogens is 711 g/mol. The lowest BCUT2D eigenvalue weighted by molar-refractivity contribution is -0.522. The van der Waals surface area contributed by atoms with Gasteiger partial charge >= 0.3 is 0 Å². The van der Waals surface area contributed by atoms with Crippen LogP contribution in [0.5, 0.6) is 0 Å². The molecule has 4 rings (SSSR count). The van der Waals surface area contributed by atoms with Gasteiger partial charge in [0.25, 0.3) is 20.2 Å². The zero-order chi connectivity index (χ0) is 39.1. The van der Waals surface area contributed by atoms with Crippen molar-refractivity contribution in [2.45, 2.75) is 184 Å². The highest BCUT2D eigenvalue weighted by Gasteiger charge is 2.80. The Morgan fingerprint density at radius 2 is 0.923 bits per heavy atom. The van der Waals surface area contributed by atoms with Crippen LogP contribution >= 0.6 is 0 Å². The molecule has 8 unspecified atom stereocenters. The molecule has 4 aliphatic rings. The molecule has 0 radical (unpaired) electrons. The van der Waals surface area contributed by atoms with Crippen molar-refractivity contribution in [1.29, 1.82) is 0 Å². The van der Waals surface area contributed by atoms with Crippen LogP contribution in [0.3, 0.4) is 0 Å². The third-order valence-electron chi connectivity index (χ3n) is 13.3. The second-order valence-corrected chi connectivity index (χ2v) is 19.6. The Hall–Kier alpha value is -0.420. The second kappa shape index (κ2) is 18.2. The summed E-state index contributed by atoms with van der Waals surface area (Å²) in [6.45, 7) is 22.4. The van der Waals surface area contributed by atoms with Crippen LogP contribution in [-0.4, -0.2) is 109 Å². The lowest BCUT2D eigenvalue weighted by atomic mass is 9.66. The standard InChI is InChI=1S/C32H58O11S2.C6H15N/c1-7-11-13-25(9-3)23-27(5,44(33,34)35)29(15-19-39-29)31(17-21-41-31)43-32(18-22-42-32)30(16-20-40-30)28(6,45(36,37)38)24-26(10-4)14-12-8-2;1-4-7(5-2)6-3/h25-26H,7-24H2,1-6H3,(H,33,34,35)(H,36,37,38);4-6H2,1-3H3. The van der Waals surface area contributed by atoms with Gasteiger partial charge in [0.1, 0.15) is 20.7 Å². The third-order valence-corrected chi connectivity index (χ3v) is 16.6. The van der Waals surface area contributed by atoms with Gasteiger partial charge < -0.3 is 28.6 Å². The van der Waals surface area contributed by atoms with Gasteiger partial charge in [-0.2, -0.15) is 16.8 Å². The quantitative estimate of drug-likeness (QED) is 0.0991. The Morgan fingerprint density at radius 1 is 0.615 bits per heavy atom. The fourth-order valence-electron chi connectivity index (χ4n) is 9.27. The fourth-order valence-corrected chi connectivity index (χ4v) is 11.6. The van der Waals surface area contributed by atoms with E-state index in [0.29, 0.717) is 0 Å². The number of rotatable bonds is 23. The molecule has 0 aliphatic carbocycles. The summed E-state index contributed by atoms with van der Waals surface area (Å²) in [6.07, 6.45) is 8.12. The minimum Gasteiger partial charge on any atom is -0.367 e. The molecule has 52 heavy (non-hydrogen) atoms. The van der Waals surface area contributed by atoms with Crippen molar-refractivity contribution < 1.29 is 49.6 Å². The van der Waals surface area contributed by atoms with Crippen LogP contribution in [-0.2, 0) is 43.9 Å². The lowest BCUT2D eigenvalue weighted by Crippen LogP contribution is -2.85. The van der Waals surface area contributed by atoms with Gasteiger partial charge in [0.2, 0.25) is 11.6 Å². The largest absolute Gasteiger partial charge is 0.367 e. The van der Waals surface area contributed by atoms with Gasteiger partial charge in [-0.25, -0.2) is 0 Å². The Labute approximate surface area is 316 Å². The minimum atomic E-state index is -4.72. The summed E-state index contributed by atoms with van der Waals surface area (Å²) in [5.74, 6) is -3.31. The molecule has 4 fully saturated rings. The first-order valence-electron chi connectivity index (χ1n) is 20.3. The summed E-state index contributed by atoms with van der Waals surface area (Å²) < 4.78 is 104. The van der Waals surface area contributed by atoms with Crippen LogP contribution in [0.4, 0.5) is 0 Å². The van der Waals surface area contributed by atoms with E-state index in [2.05, 4.69) is 39.5 Å². The molecule has 0 amide bonds. The first-order valence-corrected chi connectivity index (χ1v) is 23.2. The van der Waals surface area contributed by atoms with E-state index in [-0.39, 0.29) is 76.8 Å². The molecule has 308 valence electrons. The molecule has 2 N–H and O–H groups in total. The summed E-state index contributed by atoms with van der Waals surface area (Å²) in [4.78, 5) is 2.38. The normalized spacial score (nSPS) is 32.5. The summed E-state index contributed by atoms with van der Waals surface area (Å²) in [5, 5.41) is 0. The van der Waals surface area contributed by atoms with Crippen LogP contribution in [0.2, 0.25) is 0 Å². The molecular formula is C38H73NO11S2. The molecule has 4 aliphatic heterocycles. The smallest absolute Gasteiger partial charge is 0.273 e. The van der Waals surface area contributed by atoms with Crippen molar-refractivity contribution in [3.05, 3.63) is 0 Å². The Balaban J connectivity index is 0.000000944. The van der Waals surface area contributed by atoms with E-state index in [0.717, 1.165) is 51.4 Å².